The number of nitrogens with one attached hydrogen (secondary N) is 1. The molecule has 0 amide bonds. The molecule has 16 heavy (non-hydrogen) atoms. The molecule has 1 aromatic rings. The molecule has 0 unspecified atom stereocenters. The van der Waals surface area contributed by atoms with Gasteiger partial charge in [0.15, 0.2) is 0 Å². The molecular formula is C11H15FN2O2. The maximum Gasteiger partial charge on any atom is 0.305 e. The lowest BCUT2D eigenvalue weighted by molar-refractivity contribution is -0.387. The highest BCUT2D eigenvalue weighted by molar-refractivity contribution is 5.36. The molecule has 0 spiro atoms. The standard InChI is InChI=1S/C11H15FN2O2/c1-8(2)13-7-6-9-4-3-5-10(11(9)12)14(15)16/h3-5,8,13H,6-7H2,1-2H3. The van der Waals surface area contributed by atoms with Crippen molar-refractivity contribution in [3.05, 3.63) is 39.7 Å². The van der Waals surface area contributed by atoms with Crippen LogP contribution in [0.3, 0.4) is 0 Å². The minimum atomic E-state index is -0.724. The summed E-state index contributed by atoms with van der Waals surface area (Å²) in [7, 11) is 0. The van der Waals surface area contributed by atoms with Crippen LogP contribution in [0.4, 0.5) is 10.1 Å². The number of benzene rings is 1. The highest BCUT2D eigenvalue weighted by atomic mass is 19.1. The molecule has 0 aliphatic carbocycles. The summed E-state index contributed by atoms with van der Waals surface area (Å²) in [6, 6.07) is 4.58. The number of rotatable bonds is 5. The third kappa shape index (κ3) is 3.27. The van der Waals surface area contributed by atoms with E-state index in [0.29, 0.717) is 24.6 Å². The molecule has 0 fully saturated rings. The quantitative estimate of drug-likeness (QED) is 0.619. The van der Waals surface area contributed by atoms with Gasteiger partial charge in [-0.05, 0) is 18.5 Å². The fraction of sp³-hybridized carbons (Fsp3) is 0.455. The maximum atomic E-state index is 13.6. The second kappa shape index (κ2) is 5.55. The van der Waals surface area contributed by atoms with Crippen molar-refractivity contribution in [3.8, 4) is 0 Å². The number of nitrogens with zero attached hydrogens (tertiary/aromatic N) is 1. The van der Waals surface area contributed by atoms with Gasteiger partial charge in [0.05, 0.1) is 4.92 Å². The van der Waals surface area contributed by atoms with E-state index in [1.807, 2.05) is 13.8 Å². The third-order valence-electron chi connectivity index (χ3n) is 2.20. The van der Waals surface area contributed by atoms with E-state index in [2.05, 4.69) is 5.32 Å². The molecule has 1 rings (SSSR count). The SMILES string of the molecule is CC(C)NCCc1cccc([N+](=O)[O-])c1F. The van der Waals surface area contributed by atoms with Gasteiger partial charge in [0.2, 0.25) is 5.82 Å². The summed E-state index contributed by atoms with van der Waals surface area (Å²) in [5.41, 5.74) is -0.0793. The minimum absolute atomic E-state index is 0.321. The highest BCUT2D eigenvalue weighted by Crippen LogP contribution is 2.20. The van der Waals surface area contributed by atoms with E-state index in [4.69, 9.17) is 0 Å². The number of halogens is 1. The average molecular weight is 226 g/mol. The van der Waals surface area contributed by atoms with Crippen LogP contribution in [-0.2, 0) is 6.42 Å². The van der Waals surface area contributed by atoms with Gasteiger partial charge in [-0.1, -0.05) is 26.0 Å². The molecular weight excluding hydrogens is 211 g/mol. The molecule has 0 atom stereocenters. The predicted octanol–water partition coefficient (Wildman–Crippen LogP) is 2.27. The van der Waals surface area contributed by atoms with Crippen LogP contribution >= 0.6 is 0 Å². The molecule has 88 valence electrons. The molecule has 0 aromatic heterocycles. The molecule has 0 aliphatic heterocycles. The van der Waals surface area contributed by atoms with Gasteiger partial charge in [-0.25, -0.2) is 0 Å². The van der Waals surface area contributed by atoms with E-state index in [-0.39, 0.29) is 0 Å². The Morgan fingerprint density at radius 3 is 2.75 bits per heavy atom. The third-order valence-corrected chi connectivity index (χ3v) is 2.20. The molecule has 0 radical (unpaired) electrons. The van der Waals surface area contributed by atoms with Crippen LogP contribution in [0.5, 0.6) is 0 Å². The van der Waals surface area contributed by atoms with Crippen LogP contribution in [0.1, 0.15) is 19.4 Å². The van der Waals surface area contributed by atoms with Gasteiger partial charge in [-0.2, -0.15) is 4.39 Å². The summed E-state index contributed by atoms with van der Waals surface area (Å²) in [6.45, 7) is 4.59. The minimum Gasteiger partial charge on any atom is -0.314 e. The maximum absolute atomic E-state index is 13.6. The summed E-state index contributed by atoms with van der Waals surface area (Å²) < 4.78 is 13.6. The topological polar surface area (TPSA) is 55.2 Å². The molecule has 1 aromatic carbocycles. The van der Waals surface area contributed by atoms with Gasteiger partial charge in [0.25, 0.3) is 0 Å². The van der Waals surface area contributed by atoms with Gasteiger partial charge in [0.1, 0.15) is 0 Å². The molecule has 4 nitrogen and oxygen atoms in total. The number of nitro benzene ring substituents is 1. The molecule has 0 bridgehead atoms. The Kier molecular flexibility index (Phi) is 4.37. The van der Waals surface area contributed by atoms with Crippen molar-refractivity contribution in [1.82, 2.24) is 5.32 Å². The first-order chi connectivity index (χ1) is 7.52. The van der Waals surface area contributed by atoms with Gasteiger partial charge < -0.3 is 5.32 Å². The molecule has 5 heteroatoms. The van der Waals surface area contributed by atoms with E-state index in [1.165, 1.54) is 12.1 Å². The Morgan fingerprint density at radius 1 is 1.50 bits per heavy atom. The van der Waals surface area contributed by atoms with Crippen LogP contribution in [0, 0.1) is 15.9 Å². The van der Waals surface area contributed by atoms with Gasteiger partial charge in [-0.3, -0.25) is 10.1 Å². The largest absolute Gasteiger partial charge is 0.314 e. The molecule has 0 saturated carbocycles. The lowest BCUT2D eigenvalue weighted by atomic mass is 10.1. The smallest absolute Gasteiger partial charge is 0.305 e. The van der Waals surface area contributed by atoms with E-state index < -0.39 is 16.4 Å². The van der Waals surface area contributed by atoms with Crippen molar-refractivity contribution < 1.29 is 9.31 Å². The van der Waals surface area contributed by atoms with Crippen molar-refractivity contribution in [2.45, 2.75) is 26.3 Å². The van der Waals surface area contributed by atoms with E-state index >= 15 is 0 Å². The zero-order valence-corrected chi connectivity index (χ0v) is 9.37. The first-order valence-corrected chi connectivity index (χ1v) is 5.17. The van der Waals surface area contributed by atoms with E-state index in [0.717, 1.165) is 0 Å². The Morgan fingerprint density at radius 2 is 2.19 bits per heavy atom. The number of nitro groups is 1. The second-order valence-corrected chi connectivity index (χ2v) is 3.87. The van der Waals surface area contributed by atoms with Crippen molar-refractivity contribution in [2.24, 2.45) is 0 Å². The summed E-state index contributed by atoms with van der Waals surface area (Å²) in [6.07, 6.45) is 0.450. The monoisotopic (exact) mass is 226 g/mol. The van der Waals surface area contributed by atoms with Crippen LogP contribution < -0.4 is 5.32 Å². The van der Waals surface area contributed by atoms with Crippen LogP contribution in [-0.4, -0.2) is 17.5 Å². The van der Waals surface area contributed by atoms with E-state index in [1.54, 1.807) is 6.07 Å². The van der Waals surface area contributed by atoms with Gasteiger partial charge >= 0.3 is 5.69 Å². The fourth-order valence-electron chi connectivity index (χ4n) is 1.40. The first kappa shape index (κ1) is 12.6. The van der Waals surface area contributed by atoms with Crippen LogP contribution in [0.25, 0.3) is 0 Å². The highest BCUT2D eigenvalue weighted by Gasteiger charge is 2.16. The zero-order chi connectivity index (χ0) is 12.1. The number of hydrogen-bond acceptors (Lipinski definition) is 3. The Bertz CT molecular complexity index is 380. The molecule has 0 aliphatic rings. The Labute approximate surface area is 93.6 Å². The lowest BCUT2D eigenvalue weighted by Crippen LogP contribution is -2.25. The number of hydrogen-bond donors (Lipinski definition) is 1. The molecule has 1 N–H and O–H groups in total. The van der Waals surface area contributed by atoms with Crippen molar-refractivity contribution in [1.29, 1.82) is 0 Å². The van der Waals surface area contributed by atoms with Crippen LogP contribution in [0.2, 0.25) is 0 Å². The molecule has 0 heterocycles. The van der Waals surface area contributed by atoms with Crippen molar-refractivity contribution in [3.63, 3.8) is 0 Å². The summed E-state index contributed by atoms with van der Waals surface area (Å²) in [4.78, 5) is 9.81. The molecule has 0 saturated heterocycles. The van der Waals surface area contributed by atoms with Gasteiger partial charge in [-0.15, -0.1) is 0 Å². The first-order valence-electron chi connectivity index (χ1n) is 5.17. The van der Waals surface area contributed by atoms with Crippen molar-refractivity contribution >= 4 is 5.69 Å². The van der Waals surface area contributed by atoms with E-state index in [9.17, 15) is 14.5 Å². The van der Waals surface area contributed by atoms with Crippen molar-refractivity contribution in [2.75, 3.05) is 6.54 Å². The predicted molar refractivity (Wildman–Crippen MR) is 59.9 cm³/mol. The Balaban J connectivity index is 2.73. The summed E-state index contributed by atoms with van der Waals surface area (Å²) >= 11 is 0. The summed E-state index contributed by atoms with van der Waals surface area (Å²) in [5.74, 6) is -0.724. The Hall–Kier alpha value is -1.49. The zero-order valence-electron chi connectivity index (χ0n) is 9.37. The normalized spacial score (nSPS) is 10.8. The van der Waals surface area contributed by atoms with Crippen LogP contribution in [0.15, 0.2) is 18.2 Å². The average Bonchev–Trinajstić information content (AvgIpc) is 2.19. The second-order valence-electron chi connectivity index (χ2n) is 3.87. The van der Waals surface area contributed by atoms with Gasteiger partial charge in [0, 0.05) is 12.1 Å². The fourth-order valence-corrected chi connectivity index (χ4v) is 1.40. The summed E-state index contributed by atoms with van der Waals surface area (Å²) in [5, 5.41) is 13.6. The lowest BCUT2D eigenvalue weighted by Gasteiger charge is -2.08.